The molecular weight excluding hydrogens is 502 g/mol. The van der Waals surface area contributed by atoms with Crippen LogP contribution in [0.15, 0.2) is 60.8 Å². The number of alkyl carbamates (subject to hydrolysis) is 2. The number of hydrogen-bond donors (Lipinski definition) is 2. The molecule has 9 heteroatoms. The summed E-state index contributed by atoms with van der Waals surface area (Å²) in [5.74, 6) is 1.09. The van der Waals surface area contributed by atoms with Gasteiger partial charge in [0, 0.05) is 23.2 Å². The lowest BCUT2D eigenvalue weighted by atomic mass is 10.0. The molecule has 0 bridgehead atoms. The number of amides is 2. The Hall–Kier alpha value is -3.59. The molecule has 2 N–H and O–H groups in total. The van der Waals surface area contributed by atoms with Gasteiger partial charge in [0.2, 0.25) is 0 Å². The number of nitrogens with one attached hydrogen (secondary N) is 2. The zero-order valence-corrected chi connectivity index (χ0v) is 23.3. The predicted octanol–water partition coefficient (Wildman–Crippen LogP) is 6.56. The molecule has 2 amide bonds. The van der Waals surface area contributed by atoms with Crippen molar-refractivity contribution in [3.8, 4) is 16.3 Å². The second kappa shape index (κ2) is 14.4. The van der Waals surface area contributed by atoms with Crippen molar-refractivity contribution < 1.29 is 23.8 Å². The average molecular weight is 540 g/mol. The van der Waals surface area contributed by atoms with Crippen molar-refractivity contribution in [1.29, 1.82) is 0 Å². The predicted molar refractivity (Wildman–Crippen MR) is 149 cm³/mol. The molecule has 0 aliphatic rings. The number of thiazole rings is 1. The Morgan fingerprint density at radius 2 is 1.74 bits per heavy atom. The van der Waals surface area contributed by atoms with Crippen LogP contribution in [0.1, 0.15) is 51.0 Å². The molecule has 0 aliphatic carbocycles. The van der Waals surface area contributed by atoms with Gasteiger partial charge in [-0.15, -0.1) is 11.3 Å². The van der Waals surface area contributed by atoms with E-state index in [4.69, 9.17) is 14.2 Å². The summed E-state index contributed by atoms with van der Waals surface area (Å²) in [5.41, 5.74) is 1.41. The van der Waals surface area contributed by atoms with Gasteiger partial charge in [-0.1, -0.05) is 37.3 Å². The SMILES string of the molecule is CC[C@@H](CCNC(=O)OCc1ccccc1)COc1ccc(-c2ncc(CNC(=O)OC(C)(C)C)s2)cc1. The molecule has 0 fully saturated rings. The van der Waals surface area contributed by atoms with Crippen LogP contribution in [0.3, 0.4) is 0 Å². The lowest BCUT2D eigenvalue weighted by Crippen LogP contribution is -2.31. The maximum absolute atomic E-state index is 11.9. The Morgan fingerprint density at radius 3 is 2.42 bits per heavy atom. The molecule has 204 valence electrons. The molecule has 38 heavy (non-hydrogen) atoms. The fourth-order valence-electron chi connectivity index (χ4n) is 3.46. The number of rotatable bonds is 12. The minimum atomic E-state index is -0.530. The van der Waals surface area contributed by atoms with Crippen molar-refractivity contribution in [3.63, 3.8) is 0 Å². The van der Waals surface area contributed by atoms with Crippen molar-refractivity contribution in [2.45, 2.75) is 59.3 Å². The van der Waals surface area contributed by atoms with Crippen molar-refractivity contribution in [2.75, 3.05) is 13.2 Å². The molecule has 1 heterocycles. The number of carbonyl (C=O) groups is 2. The van der Waals surface area contributed by atoms with Crippen molar-refractivity contribution >= 4 is 23.5 Å². The van der Waals surface area contributed by atoms with E-state index in [0.29, 0.717) is 25.6 Å². The second-order valence-corrected chi connectivity index (χ2v) is 11.0. The molecule has 0 aliphatic heterocycles. The third-order valence-corrected chi connectivity index (χ3v) is 6.60. The van der Waals surface area contributed by atoms with Gasteiger partial charge in [0.05, 0.1) is 13.2 Å². The summed E-state index contributed by atoms with van der Waals surface area (Å²) in [6.45, 7) is 9.33. The van der Waals surface area contributed by atoms with E-state index in [0.717, 1.165) is 39.6 Å². The smallest absolute Gasteiger partial charge is 0.407 e. The fourth-order valence-corrected chi connectivity index (χ4v) is 4.32. The Labute approximate surface area is 228 Å². The van der Waals surface area contributed by atoms with E-state index in [1.54, 1.807) is 6.20 Å². The van der Waals surface area contributed by atoms with Crippen molar-refractivity contribution in [2.24, 2.45) is 5.92 Å². The topological polar surface area (TPSA) is 98.8 Å². The molecule has 3 aromatic rings. The molecule has 1 aromatic heterocycles. The van der Waals surface area contributed by atoms with E-state index in [9.17, 15) is 9.59 Å². The average Bonchev–Trinajstić information content (AvgIpc) is 3.37. The van der Waals surface area contributed by atoms with Gasteiger partial charge < -0.3 is 24.8 Å². The number of nitrogens with zero attached hydrogens (tertiary/aromatic N) is 1. The highest BCUT2D eigenvalue weighted by Crippen LogP contribution is 2.27. The number of aromatic nitrogens is 1. The van der Waals surface area contributed by atoms with Crippen LogP contribution in [0, 0.1) is 5.92 Å². The standard InChI is InChI=1S/C29H37N3O5S/c1-5-21(15-16-30-27(33)36-20-22-9-7-6-8-10-22)19-35-24-13-11-23(12-14-24)26-31-17-25(38-26)18-32-28(34)37-29(2,3)4/h6-14,17,21H,5,15-16,18-20H2,1-4H3,(H,30,33)(H,32,34)/t21-/m0/s1. The van der Waals surface area contributed by atoms with Gasteiger partial charge in [0.25, 0.3) is 0 Å². The minimum Gasteiger partial charge on any atom is -0.493 e. The van der Waals surface area contributed by atoms with Crippen molar-refractivity contribution in [1.82, 2.24) is 15.6 Å². The molecule has 0 unspecified atom stereocenters. The first-order valence-corrected chi connectivity index (χ1v) is 13.6. The van der Waals surface area contributed by atoms with Gasteiger partial charge in [-0.05, 0) is 69.4 Å². The van der Waals surface area contributed by atoms with Crippen LogP contribution in [0.25, 0.3) is 10.6 Å². The summed E-state index contributed by atoms with van der Waals surface area (Å²) < 4.78 is 16.5. The van der Waals surface area contributed by atoms with Crippen LogP contribution in [-0.4, -0.2) is 35.9 Å². The number of carbonyl (C=O) groups excluding carboxylic acids is 2. The summed E-state index contributed by atoms with van der Waals surface area (Å²) in [6.07, 6.45) is 2.65. The van der Waals surface area contributed by atoms with Crippen LogP contribution >= 0.6 is 11.3 Å². The molecule has 0 radical (unpaired) electrons. The number of ether oxygens (including phenoxy) is 3. The Balaban J connectivity index is 1.38. The largest absolute Gasteiger partial charge is 0.493 e. The Bertz CT molecular complexity index is 1140. The Kier molecular flexibility index (Phi) is 11.0. The first-order chi connectivity index (χ1) is 18.2. The third kappa shape index (κ3) is 10.4. The van der Waals surface area contributed by atoms with Gasteiger partial charge in [0.15, 0.2) is 0 Å². The van der Waals surface area contributed by atoms with E-state index in [1.165, 1.54) is 11.3 Å². The molecule has 8 nitrogen and oxygen atoms in total. The van der Waals surface area contributed by atoms with Crippen LogP contribution in [0.4, 0.5) is 9.59 Å². The quantitative estimate of drug-likeness (QED) is 0.271. The van der Waals surface area contributed by atoms with Gasteiger partial charge in [-0.3, -0.25) is 0 Å². The lowest BCUT2D eigenvalue weighted by Gasteiger charge is -2.19. The molecule has 0 saturated heterocycles. The zero-order chi connectivity index (χ0) is 27.4. The Morgan fingerprint density at radius 1 is 1.00 bits per heavy atom. The van der Waals surface area contributed by atoms with Gasteiger partial charge in [-0.2, -0.15) is 0 Å². The van der Waals surface area contributed by atoms with Gasteiger partial charge in [0.1, 0.15) is 23.0 Å². The monoisotopic (exact) mass is 539 g/mol. The minimum absolute atomic E-state index is 0.258. The zero-order valence-electron chi connectivity index (χ0n) is 22.5. The van der Waals surface area contributed by atoms with E-state index >= 15 is 0 Å². The van der Waals surface area contributed by atoms with E-state index in [-0.39, 0.29) is 6.61 Å². The second-order valence-electron chi connectivity index (χ2n) is 9.87. The summed E-state index contributed by atoms with van der Waals surface area (Å²) in [7, 11) is 0. The maximum atomic E-state index is 11.9. The molecule has 1 atom stereocenters. The first kappa shape index (κ1) is 29.0. The highest BCUT2D eigenvalue weighted by atomic mass is 32.1. The van der Waals surface area contributed by atoms with Crippen LogP contribution in [-0.2, 0) is 22.6 Å². The fraction of sp³-hybridized carbons (Fsp3) is 0.414. The maximum Gasteiger partial charge on any atom is 0.407 e. The first-order valence-electron chi connectivity index (χ1n) is 12.8. The number of hydrogen-bond acceptors (Lipinski definition) is 7. The van der Waals surface area contributed by atoms with E-state index in [1.807, 2.05) is 75.4 Å². The normalized spacial score (nSPS) is 11.9. The summed E-state index contributed by atoms with van der Waals surface area (Å²) in [4.78, 5) is 29.2. The lowest BCUT2D eigenvalue weighted by molar-refractivity contribution is 0.0524. The van der Waals surface area contributed by atoms with Crippen LogP contribution in [0.5, 0.6) is 5.75 Å². The van der Waals surface area contributed by atoms with Gasteiger partial charge in [-0.25, -0.2) is 14.6 Å². The summed E-state index contributed by atoms with van der Waals surface area (Å²) in [5, 5.41) is 6.44. The van der Waals surface area contributed by atoms with Gasteiger partial charge >= 0.3 is 12.2 Å². The summed E-state index contributed by atoms with van der Waals surface area (Å²) in [6, 6.07) is 17.4. The highest BCUT2D eigenvalue weighted by Gasteiger charge is 2.16. The molecule has 3 rings (SSSR count). The molecular formula is C29H37N3O5S. The highest BCUT2D eigenvalue weighted by molar-refractivity contribution is 7.15. The molecule has 2 aromatic carbocycles. The van der Waals surface area contributed by atoms with Crippen molar-refractivity contribution in [3.05, 3.63) is 71.2 Å². The van der Waals surface area contributed by atoms with Crippen LogP contribution in [0.2, 0.25) is 0 Å². The molecule has 0 saturated carbocycles. The van der Waals surface area contributed by atoms with E-state index < -0.39 is 17.8 Å². The number of benzene rings is 2. The molecule has 0 spiro atoms. The van der Waals surface area contributed by atoms with Crippen LogP contribution < -0.4 is 15.4 Å². The van der Waals surface area contributed by atoms with E-state index in [2.05, 4.69) is 22.5 Å². The summed E-state index contributed by atoms with van der Waals surface area (Å²) >= 11 is 1.52. The third-order valence-electron chi connectivity index (χ3n) is 5.56.